The number of hydrogen-bond acceptors (Lipinski definition) is 2. The Morgan fingerprint density at radius 1 is 1.36 bits per heavy atom. The molecule has 3 N–H and O–H groups in total. The number of rotatable bonds is 2. The monoisotopic (exact) mass is 253 g/mol. The highest BCUT2D eigenvalue weighted by atomic mass is 35.6. The molecule has 0 saturated heterocycles. The number of aliphatic hydroxyl groups excluding tert-OH is 1. The number of nitrogens with two attached hydrogens (primary N) is 1. The van der Waals surface area contributed by atoms with Crippen LogP contribution >= 0.6 is 34.8 Å². The van der Waals surface area contributed by atoms with E-state index in [1.165, 1.54) is 0 Å². The van der Waals surface area contributed by atoms with Gasteiger partial charge in [-0.25, -0.2) is 0 Å². The summed E-state index contributed by atoms with van der Waals surface area (Å²) in [4.78, 5) is 0. The molecule has 0 bridgehead atoms. The molecule has 0 aliphatic heterocycles. The summed E-state index contributed by atoms with van der Waals surface area (Å²) in [7, 11) is 0. The maximum atomic E-state index is 9.47. The van der Waals surface area contributed by atoms with Crippen molar-refractivity contribution in [1.82, 2.24) is 0 Å². The Bertz CT molecular complexity index is 311. The number of halogens is 3. The number of aliphatic hydroxyl groups is 1. The van der Waals surface area contributed by atoms with Gasteiger partial charge in [-0.2, -0.15) is 0 Å². The lowest BCUT2D eigenvalue weighted by Gasteiger charge is -2.14. The van der Waals surface area contributed by atoms with E-state index in [0.717, 1.165) is 0 Å². The van der Waals surface area contributed by atoms with E-state index in [1.54, 1.807) is 24.3 Å². The van der Waals surface area contributed by atoms with Gasteiger partial charge in [0.1, 0.15) is 0 Å². The molecule has 1 unspecified atom stereocenters. The van der Waals surface area contributed by atoms with Crippen molar-refractivity contribution in [2.45, 2.75) is 9.90 Å². The largest absolute Gasteiger partial charge is 0.387 e. The highest BCUT2D eigenvalue weighted by molar-refractivity contribution is 6.66. The average molecular weight is 255 g/mol. The Kier molecular flexibility index (Phi) is 4.04. The zero-order valence-electron chi connectivity index (χ0n) is 7.25. The van der Waals surface area contributed by atoms with Crippen LogP contribution in [0.3, 0.4) is 0 Å². The van der Waals surface area contributed by atoms with Crippen molar-refractivity contribution in [1.29, 1.82) is 0 Å². The van der Waals surface area contributed by atoms with E-state index in [-0.39, 0.29) is 6.54 Å². The molecule has 0 heterocycles. The first kappa shape index (κ1) is 12.1. The number of hydrogen-bond donors (Lipinski definition) is 2. The van der Waals surface area contributed by atoms with Gasteiger partial charge >= 0.3 is 0 Å². The van der Waals surface area contributed by atoms with Crippen molar-refractivity contribution >= 4 is 34.8 Å². The summed E-state index contributed by atoms with van der Waals surface area (Å²) >= 11 is 17.1. The molecule has 1 rings (SSSR count). The van der Waals surface area contributed by atoms with E-state index in [1.807, 2.05) is 0 Å². The van der Waals surface area contributed by atoms with Crippen LogP contribution in [0.5, 0.6) is 0 Å². The normalized spacial score (nSPS) is 14.1. The summed E-state index contributed by atoms with van der Waals surface area (Å²) in [6.45, 7) is 0.142. The van der Waals surface area contributed by atoms with Crippen LogP contribution in [-0.2, 0) is 3.79 Å². The Morgan fingerprint density at radius 3 is 2.50 bits per heavy atom. The van der Waals surface area contributed by atoms with Crippen LogP contribution < -0.4 is 5.73 Å². The number of benzene rings is 1. The standard InChI is InChI=1S/C9H10Cl3NO/c10-9(11,12)7-3-1-2-6(4-7)8(14)5-13/h1-4,8,14H,5,13H2. The first-order chi connectivity index (χ1) is 6.45. The fraction of sp³-hybridized carbons (Fsp3) is 0.333. The lowest BCUT2D eigenvalue weighted by atomic mass is 10.1. The Balaban J connectivity index is 3.01. The molecule has 1 aromatic rings. The van der Waals surface area contributed by atoms with Crippen LogP contribution in [0.15, 0.2) is 24.3 Å². The Hall–Kier alpha value is 0.01000. The molecule has 0 aliphatic rings. The molecule has 1 aromatic carbocycles. The molecule has 0 aliphatic carbocycles. The van der Waals surface area contributed by atoms with Gasteiger partial charge in [0.2, 0.25) is 3.79 Å². The van der Waals surface area contributed by atoms with Gasteiger partial charge in [-0.15, -0.1) is 0 Å². The zero-order valence-corrected chi connectivity index (χ0v) is 9.52. The van der Waals surface area contributed by atoms with Gasteiger partial charge in [0.25, 0.3) is 0 Å². The van der Waals surface area contributed by atoms with E-state index < -0.39 is 9.90 Å². The predicted octanol–water partition coefficient (Wildman–Crippen LogP) is 2.51. The third-order valence-corrected chi connectivity index (χ3v) is 2.48. The molecule has 5 heteroatoms. The van der Waals surface area contributed by atoms with E-state index in [2.05, 4.69) is 0 Å². The van der Waals surface area contributed by atoms with Crippen molar-refractivity contribution in [2.24, 2.45) is 5.73 Å². The second-order valence-electron chi connectivity index (χ2n) is 2.87. The Labute approximate surface area is 97.6 Å². The summed E-state index contributed by atoms with van der Waals surface area (Å²) < 4.78 is -1.47. The lowest BCUT2D eigenvalue weighted by molar-refractivity contribution is 0.186. The molecule has 0 saturated carbocycles. The smallest absolute Gasteiger partial charge is 0.216 e. The van der Waals surface area contributed by atoms with Gasteiger partial charge in [-0.05, 0) is 11.6 Å². The topological polar surface area (TPSA) is 46.2 Å². The van der Waals surface area contributed by atoms with Gasteiger partial charge in [-0.1, -0.05) is 53.0 Å². The van der Waals surface area contributed by atoms with Crippen LogP contribution in [0, 0.1) is 0 Å². The highest BCUT2D eigenvalue weighted by Crippen LogP contribution is 2.38. The molecule has 0 spiro atoms. The minimum absolute atomic E-state index is 0.142. The fourth-order valence-electron chi connectivity index (χ4n) is 1.06. The minimum Gasteiger partial charge on any atom is -0.387 e. The number of alkyl halides is 3. The first-order valence-electron chi connectivity index (χ1n) is 4.00. The molecule has 0 aromatic heterocycles. The summed E-state index contributed by atoms with van der Waals surface area (Å²) in [5.41, 5.74) is 6.48. The van der Waals surface area contributed by atoms with Gasteiger partial charge in [0.15, 0.2) is 0 Å². The quantitative estimate of drug-likeness (QED) is 0.797. The summed E-state index contributed by atoms with van der Waals surface area (Å²) in [5.74, 6) is 0. The minimum atomic E-state index is -1.47. The highest BCUT2D eigenvalue weighted by Gasteiger charge is 2.23. The van der Waals surface area contributed by atoms with Crippen molar-refractivity contribution in [3.05, 3.63) is 35.4 Å². The van der Waals surface area contributed by atoms with Crippen molar-refractivity contribution in [3.8, 4) is 0 Å². The third kappa shape index (κ3) is 3.01. The van der Waals surface area contributed by atoms with Crippen LogP contribution in [0.4, 0.5) is 0 Å². The fourth-order valence-corrected chi connectivity index (χ4v) is 1.41. The second-order valence-corrected chi connectivity index (χ2v) is 5.16. The zero-order chi connectivity index (χ0) is 10.8. The van der Waals surface area contributed by atoms with Crippen LogP contribution in [0.1, 0.15) is 17.2 Å². The summed E-state index contributed by atoms with van der Waals surface area (Å²) in [6, 6.07) is 6.76. The maximum Gasteiger partial charge on any atom is 0.216 e. The van der Waals surface area contributed by atoms with Gasteiger partial charge in [0, 0.05) is 12.1 Å². The van der Waals surface area contributed by atoms with Crippen molar-refractivity contribution in [2.75, 3.05) is 6.54 Å². The molecular weight excluding hydrogens is 244 g/mol. The van der Waals surface area contributed by atoms with E-state index in [4.69, 9.17) is 40.5 Å². The predicted molar refractivity (Wildman–Crippen MR) is 59.7 cm³/mol. The Morgan fingerprint density at radius 2 is 2.00 bits per heavy atom. The van der Waals surface area contributed by atoms with Gasteiger partial charge in [-0.3, -0.25) is 0 Å². The first-order valence-corrected chi connectivity index (χ1v) is 5.14. The third-order valence-electron chi connectivity index (χ3n) is 1.82. The van der Waals surface area contributed by atoms with E-state index in [9.17, 15) is 5.11 Å². The molecular formula is C9H10Cl3NO. The van der Waals surface area contributed by atoms with E-state index >= 15 is 0 Å². The molecule has 78 valence electrons. The van der Waals surface area contributed by atoms with Crippen molar-refractivity contribution < 1.29 is 5.11 Å². The second kappa shape index (κ2) is 4.69. The van der Waals surface area contributed by atoms with Crippen LogP contribution in [0.2, 0.25) is 0 Å². The SMILES string of the molecule is NCC(O)c1cccc(C(Cl)(Cl)Cl)c1. The summed E-state index contributed by atoms with van der Waals surface area (Å²) in [5, 5.41) is 9.47. The maximum absolute atomic E-state index is 9.47. The molecule has 0 radical (unpaired) electrons. The lowest BCUT2D eigenvalue weighted by Crippen LogP contribution is -2.12. The molecule has 14 heavy (non-hydrogen) atoms. The molecule has 0 fully saturated rings. The summed E-state index contributed by atoms with van der Waals surface area (Å²) in [6.07, 6.45) is -0.720. The van der Waals surface area contributed by atoms with Crippen LogP contribution in [-0.4, -0.2) is 11.7 Å². The average Bonchev–Trinajstić information content (AvgIpc) is 2.15. The van der Waals surface area contributed by atoms with Crippen LogP contribution in [0.25, 0.3) is 0 Å². The van der Waals surface area contributed by atoms with Gasteiger partial charge in [0.05, 0.1) is 6.10 Å². The van der Waals surface area contributed by atoms with Crippen molar-refractivity contribution in [3.63, 3.8) is 0 Å². The molecule has 1 atom stereocenters. The molecule has 2 nitrogen and oxygen atoms in total. The van der Waals surface area contributed by atoms with E-state index in [0.29, 0.717) is 11.1 Å². The molecule has 0 amide bonds. The van der Waals surface area contributed by atoms with Gasteiger partial charge < -0.3 is 10.8 Å².